The maximum atomic E-state index is 13.2. The second kappa shape index (κ2) is 12.1. The van der Waals surface area contributed by atoms with Crippen molar-refractivity contribution in [2.75, 3.05) is 55.2 Å². The molecule has 1 aromatic carbocycles. The van der Waals surface area contributed by atoms with Crippen molar-refractivity contribution < 1.29 is 35.9 Å². The number of carbonyl (C=O) groups excluding carboxylic acids is 1. The summed E-state index contributed by atoms with van der Waals surface area (Å²) in [4.78, 5) is 41.0. The number of nitrogens with one attached hydrogen (secondary N) is 1. The number of fused-ring (bicyclic) bond motifs is 2. The number of ether oxygens (including phenoxy) is 2. The van der Waals surface area contributed by atoms with Crippen molar-refractivity contribution in [1.82, 2.24) is 15.0 Å². The van der Waals surface area contributed by atoms with Crippen LogP contribution >= 0.6 is 0 Å². The lowest BCUT2D eigenvalue weighted by molar-refractivity contribution is -0.384. The highest BCUT2D eigenvalue weighted by Crippen LogP contribution is 2.57. The van der Waals surface area contributed by atoms with Crippen molar-refractivity contribution >= 4 is 50.6 Å². The lowest BCUT2D eigenvalue weighted by Crippen LogP contribution is -2.25. The highest BCUT2D eigenvalue weighted by Gasteiger charge is 2.54. The number of esters is 1. The number of aromatic nitrogens is 3. The Morgan fingerprint density at radius 1 is 1.29 bits per heavy atom. The van der Waals surface area contributed by atoms with Gasteiger partial charge in [-0.3, -0.25) is 19.3 Å². The third-order valence-electron chi connectivity index (χ3n) is 7.35. The average molecular weight is 645 g/mol. The highest BCUT2D eigenvalue weighted by molar-refractivity contribution is 7.85. The smallest absolute Gasteiger partial charge is 0.343 e. The zero-order chi connectivity index (χ0) is 35.2. The second-order valence-electron chi connectivity index (χ2n) is 11.2. The Balaban J connectivity index is 1.56. The number of carbonyl (C=O) groups is 1. The number of benzene rings is 1. The van der Waals surface area contributed by atoms with E-state index >= 15 is 0 Å². The van der Waals surface area contributed by atoms with Gasteiger partial charge in [0.1, 0.15) is 17.0 Å². The van der Waals surface area contributed by atoms with Gasteiger partial charge in [0, 0.05) is 53.6 Å². The number of nitro benzene ring substituents is 1. The third kappa shape index (κ3) is 6.76. The predicted octanol–water partition coefficient (Wildman–Crippen LogP) is 4.00. The molecule has 3 aromatic rings. The third-order valence-corrected chi connectivity index (χ3v) is 7.95. The largest absolute Gasteiger partial charge is 0.494 e. The number of rotatable bonds is 12. The van der Waals surface area contributed by atoms with Crippen LogP contribution in [0.2, 0.25) is 0 Å². The van der Waals surface area contributed by atoms with E-state index in [-0.39, 0.29) is 39.9 Å². The Labute approximate surface area is 265 Å². The predicted molar refractivity (Wildman–Crippen MR) is 166 cm³/mol. The monoisotopic (exact) mass is 644 g/mol. The van der Waals surface area contributed by atoms with Crippen LogP contribution in [0.4, 0.5) is 34.5 Å². The average Bonchev–Trinajstić information content (AvgIpc) is 3.70. The Morgan fingerprint density at radius 3 is 2.67 bits per heavy atom. The number of nitro groups is 1. The first kappa shape index (κ1) is 27.9. The first-order chi connectivity index (χ1) is 22.4. The number of aryl methyl sites for hydroxylation is 1. The van der Waals surface area contributed by atoms with E-state index in [9.17, 15) is 23.3 Å². The summed E-state index contributed by atoms with van der Waals surface area (Å²) in [5.74, 6) is -0.435. The molecule has 240 valence electrons. The van der Waals surface area contributed by atoms with E-state index in [0.717, 1.165) is 48.3 Å². The molecule has 1 spiro atoms. The van der Waals surface area contributed by atoms with Gasteiger partial charge >= 0.3 is 5.97 Å². The molecular formula is C29H35N7O8S. The Kier molecular flexibility index (Phi) is 7.50. The van der Waals surface area contributed by atoms with Gasteiger partial charge in [0.15, 0.2) is 5.82 Å². The van der Waals surface area contributed by atoms with Gasteiger partial charge in [0.05, 0.1) is 48.1 Å². The molecule has 1 aliphatic heterocycles. The Hall–Kier alpha value is -4.57. The highest BCUT2D eigenvalue weighted by atomic mass is 32.2. The van der Waals surface area contributed by atoms with Crippen LogP contribution in [-0.4, -0.2) is 80.4 Å². The fourth-order valence-corrected chi connectivity index (χ4v) is 5.50. The van der Waals surface area contributed by atoms with Gasteiger partial charge in [-0.25, -0.2) is 9.78 Å². The minimum absolute atomic E-state index is 0.00884. The van der Waals surface area contributed by atoms with E-state index in [1.54, 1.807) is 13.8 Å². The molecule has 3 heterocycles. The van der Waals surface area contributed by atoms with Crippen LogP contribution in [0.1, 0.15) is 52.5 Å². The molecule has 0 atom stereocenters. The molecule has 0 radical (unpaired) electrons. The first-order valence-corrected chi connectivity index (χ1v) is 15.8. The fourth-order valence-electron chi connectivity index (χ4n) is 5.12. The van der Waals surface area contributed by atoms with Crippen LogP contribution in [-0.2, 0) is 24.5 Å². The molecule has 1 aliphatic carbocycles. The summed E-state index contributed by atoms with van der Waals surface area (Å²) < 4.78 is 62.5. The number of likely N-dealkylation sites (N-methyl/N-ethyl adjacent to an activating group) is 1. The SMILES string of the molecule is [2H]C([2H])([2H])N(CCOS(C)(=O)=O)c1cc(OC)c(Nc2ncc(C(=O)OC(C)C)c(N3CC4(CC4)c4nc(C)ccc43)n2)cc1[N+](=O)[O-]. The van der Waals surface area contributed by atoms with E-state index in [1.165, 1.54) is 13.3 Å². The molecule has 1 saturated carbocycles. The summed E-state index contributed by atoms with van der Waals surface area (Å²) in [5.41, 5.74) is 1.55. The van der Waals surface area contributed by atoms with Crippen molar-refractivity contribution in [2.45, 2.75) is 45.1 Å². The van der Waals surface area contributed by atoms with E-state index < -0.39 is 52.9 Å². The van der Waals surface area contributed by atoms with Crippen LogP contribution in [0.5, 0.6) is 5.75 Å². The minimum atomic E-state index is -3.90. The molecule has 1 fully saturated rings. The molecule has 0 amide bonds. The number of hydrogen-bond donors (Lipinski definition) is 1. The van der Waals surface area contributed by atoms with Crippen LogP contribution in [0.3, 0.4) is 0 Å². The molecule has 0 unspecified atom stereocenters. The van der Waals surface area contributed by atoms with Crippen molar-refractivity contribution in [2.24, 2.45) is 0 Å². The van der Waals surface area contributed by atoms with Gasteiger partial charge in [-0.05, 0) is 45.7 Å². The molecule has 0 bridgehead atoms. The second-order valence-corrected chi connectivity index (χ2v) is 12.8. The van der Waals surface area contributed by atoms with Gasteiger partial charge in [-0.15, -0.1) is 0 Å². The molecule has 2 aliphatic rings. The molecule has 1 N–H and O–H groups in total. The van der Waals surface area contributed by atoms with E-state index in [0.29, 0.717) is 11.4 Å². The van der Waals surface area contributed by atoms with E-state index in [4.69, 9.17) is 22.8 Å². The van der Waals surface area contributed by atoms with Crippen molar-refractivity contribution in [3.05, 3.63) is 57.5 Å². The van der Waals surface area contributed by atoms with E-state index in [1.807, 2.05) is 24.0 Å². The summed E-state index contributed by atoms with van der Waals surface area (Å²) in [6.45, 7) is 1.87. The number of hydrogen-bond acceptors (Lipinski definition) is 14. The molecule has 5 rings (SSSR count). The van der Waals surface area contributed by atoms with Gasteiger partial charge in [-0.2, -0.15) is 13.4 Å². The fraction of sp³-hybridized carbons (Fsp3) is 0.448. The number of pyridine rings is 1. The quantitative estimate of drug-likeness (QED) is 0.129. The van der Waals surface area contributed by atoms with Crippen LogP contribution in [0.25, 0.3) is 0 Å². The van der Waals surface area contributed by atoms with Gasteiger partial charge in [-0.1, -0.05) is 0 Å². The van der Waals surface area contributed by atoms with E-state index in [2.05, 4.69) is 15.3 Å². The van der Waals surface area contributed by atoms with Crippen molar-refractivity contribution in [3.63, 3.8) is 0 Å². The van der Waals surface area contributed by atoms with Crippen molar-refractivity contribution in [3.8, 4) is 5.75 Å². The summed E-state index contributed by atoms with van der Waals surface area (Å²) in [6, 6.07) is 6.01. The standard InChI is InChI=1S/C29H35N7O8S/c1-17(2)44-27(37)19-15-30-28(33-26(19)35-16-29(9-10-29)25-21(35)8-7-18(3)31-25)32-20-13-23(36(38)39)22(14-24(20)42-5)34(4)11-12-43-45(6,40)41/h7-8,13-15,17H,9-12,16H2,1-6H3,(H,30,32,33)/i4D3. The summed E-state index contributed by atoms with van der Waals surface area (Å²) in [5, 5.41) is 15.2. The van der Waals surface area contributed by atoms with Crippen LogP contribution in [0.15, 0.2) is 30.5 Å². The number of anilines is 5. The van der Waals surface area contributed by atoms with Crippen molar-refractivity contribution in [1.29, 1.82) is 0 Å². The lowest BCUT2D eigenvalue weighted by Gasteiger charge is -2.23. The summed E-state index contributed by atoms with van der Waals surface area (Å²) >= 11 is 0. The molecule has 0 saturated heterocycles. The Morgan fingerprint density at radius 2 is 2.04 bits per heavy atom. The molecule has 15 nitrogen and oxygen atoms in total. The molecule has 2 aromatic heterocycles. The van der Waals surface area contributed by atoms with Gasteiger partial charge in [0.2, 0.25) is 5.95 Å². The molecular weight excluding hydrogens is 606 g/mol. The zero-order valence-corrected chi connectivity index (χ0v) is 26.2. The molecule has 45 heavy (non-hydrogen) atoms. The molecule has 16 heteroatoms. The lowest BCUT2D eigenvalue weighted by atomic mass is 10.0. The minimum Gasteiger partial charge on any atom is -0.494 e. The summed E-state index contributed by atoms with van der Waals surface area (Å²) in [7, 11) is -2.62. The van der Waals surface area contributed by atoms with Crippen LogP contribution < -0.4 is 19.9 Å². The summed E-state index contributed by atoms with van der Waals surface area (Å²) in [6.07, 6.45) is 3.55. The topological polar surface area (TPSA) is 179 Å². The first-order valence-electron chi connectivity index (χ1n) is 15.5. The number of methoxy groups -OCH3 is 1. The maximum Gasteiger partial charge on any atom is 0.343 e. The van der Waals surface area contributed by atoms with Gasteiger partial charge in [0.25, 0.3) is 15.8 Å². The van der Waals surface area contributed by atoms with Gasteiger partial charge < -0.3 is 24.6 Å². The number of nitrogens with zero attached hydrogens (tertiary/aromatic N) is 6. The normalized spacial score (nSPS) is 16.0. The maximum absolute atomic E-state index is 13.2. The Bertz CT molecular complexity index is 1870. The zero-order valence-electron chi connectivity index (χ0n) is 28.4. The van der Waals surface area contributed by atoms with Crippen LogP contribution in [0, 0.1) is 17.0 Å².